The summed E-state index contributed by atoms with van der Waals surface area (Å²) in [6, 6.07) is 16.7. The van der Waals surface area contributed by atoms with Gasteiger partial charge < -0.3 is 10.5 Å². The second-order valence-electron chi connectivity index (χ2n) is 4.84. The second kappa shape index (κ2) is 7.87. The van der Waals surface area contributed by atoms with Crippen molar-refractivity contribution < 1.29 is 4.74 Å². The van der Waals surface area contributed by atoms with Crippen molar-refractivity contribution in [3.05, 3.63) is 58.6 Å². The molecule has 0 fully saturated rings. The first-order valence-corrected chi connectivity index (χ1v) is 8.63. The summed E-state index contributed by atoms with van der Waals surface area (Å²) in [7, 11) is 1.68. The molecule has 0 spiro atoms. The van der Waals surface area contributed by atoms with Crippen molar-refractivity contribution in [2.45, 2.75) is 29.5 Å². The summed E-state index contributed by atoms with van der Waals surface area (Å²) in [6.07, 6.45) is 0.948. The Balaban J connectivity index is 2.21. The van der Waals surface area contributed by atoms with Gasteiger partial charge in [-0.3, -0.25) is 0 Å². The maximum Gasteiger partial charge on any atom is 0.118 e. The number of ether oxygens (including phenoxy) is 1. The number of halogens is 1. The van der Waals surface area contributed by atoms with Gasteiger partial charge in [-0.2, -0.15) is 0 Å². The van der Waals surface area contributed by atoms with Crippen molar-refractivity contribution in [1.82, 2.24) is 0 Å². The second-order valence-corrected chi connectivity index (χ2v) is 6.97. The molecule has 4 heteroatoms. The minimum atomic E-state index is 0.123. The van der Waals surface area contributed by atoms with Gasteiger partial charge in [-0.25, -0.2) is 0 Å². The van der Waals surface area contributed by atoms with Crippen molar-refractivity contribution in [3.63, 3.8) is 0 Å². The standard InChI is InChI=1S/C17H20BrNOS/c1-3-16(19)17(12-4-6-13(18)7-5-12)21-15-10-8-14(20-2)9-11-15/h4-11,16-17H,3,19H2,1-2H3. The lowest BCUT2D eigenvalue weighted by molar-refractivity contribution is 0.414. The van der Waals surface area contributed by atoms with Gasteiger partial charge in [0.25, 0.3) is 0 Å². The summed E-state index contributed by atoms with van der Waals surface area (Å²) < 4.78 is 6.29. The van der Waals surface area contributed by atoms with Gasteiger partial charge >= 0.3 is 0 Å². The number of methoxy groups -OCH3 is 1. The molecule has 21 heavy (non-hydrogen) atoms. The highest BCUT2D eigenvalue weighted by Gasteiger charge is 2.19. The van der Waals surface area contributed by atoms with E-state index in [1.807, 2.05) is 12.1 Å². The van der Waals surface area contributed by atoms with E-state index < -0.39 is 0 Å². The van der Waals surface area contributed by atoms with Gasteiger partial charge in [0.1, 0.15) is 5.75 Å². The molecule has 0 aliphatic carbocycles. The molecule has 2 rings (SSSR count). The first-order valence-electron chi connectivity index (χ1n) is 6.95. The molecular formula is C17H20BrNOS. The first kappa shape index (κ1) is 16.4. The monoisotopic (exact) mass is 365 g/mol. The fourth-order valence-electron chi connectivity index (χ4n) is 2.07. The van der Waals surface area contributed by atoms with Gasteiger partial charge in [0, 0.05) is 20.7 Å². The quantitative estimate of drug-likeness (QED) is 0.729. The Bertz CT molecular complexity index is 556. The van der Waals surface area contributed by atoms with Crippen LogP contribution in [0.2, 0.25) is 0 Å². The smallest absolute Gasteiger partial charge is 0.118 e. The fourth-order valence-corrected chi connectivity index (χ4v) is 3.58. The topological polar surface area (TPSA) is 35.2 Å². The van der Waals surface area contributed by atoms with Crippen LogP contribution >= 0.6 is 27.7 Å². The molecule has 0 saturated carbocycles. The van der Waals surface area contributed by atoms with Crippen LogP contribution < -0.4 is 10.5 Å². The van der Waals surface area contributed by atoms with E-state index in [0.29, 0.717) is 0 Å². The molecule has 2 aromatic rings. The molecule has 112 valence electrons. The van der Waals surface area contributed by atoms with Crippen LogP contribution in [0.1, 0.15) is 24.2 Å². The van der Waals surface area contributed by atoms with Crippen LogP contribution in [0.3, 0.4) is 0 Å². The van der Waals surface area contributed by atoms with Crippen LogP contribution in [-0.4, -0.2) is 13.2 Å². The summed E-state index contributed by atoms with van der Waals surface area (Å²) in [5.74, 6) is 0.874. The highest BCUT2D eigenvalue weighted by Crippen LogP contribution is 2.38. The summed E-state index contributed by atoms with van der Waals surface area (Å²) >= 11 is 5.28. The van der Waals surface area contributed by atoms with E-state index in [2.05, 4.69) is 59.3 Å². The van der Waals surface area contributed by atoms with Crippen LogP contribution in [0.25, 0.3) is 0 Å². The highest BCUT2D eigenvalue weighted by molar-refractivity contribution is 9.10. The molecule has 0 saturated heterocycles. The zero-order valence-corrected chi connectivity index (χ0v) is 14.7. The van der Waals surface area contributed by atoms with E-state index in [0.717, 1.165) is 16.6 Å². The maximum absolute atomic E-state index is 6.33. The lowest BCUT2D eigenvalue weighted by Crippen LogP contribution is -2.25. The molecule has 0 aliphatic heterocycles. The average molecular weight is 366 g/mol. The third-order valence-corrected chi connectivity index (χ3v) is 5.33. The highest BCUT2D eigenvalue weighted by atomic mass is 79.9. The SMILES string of the molecule is CCC(N)C(Sc1ccc(OC)cc1)c1ccc(Br)cc1. The Hall–Kier alpha value is -0.970. The molecule has 0 radical (unpaired) electrons. The Kier molecular flexibility index (Phi) is 6.15. The average Bonchev–Trinajstić information content (AvgIpc) is 2.53. The predicted molar refractivity (Wildman–Crippen MR) is 94.0 cm³/mol. The number of benzene rings is 2. The third-order valence-electron chi connectivity index (χ3n) is 3.38. The third kappa shape index (κ3) is 4.50. The fraction of sp³-hybridized carbons (Fsp3) is 0.294. The molecule has 2 N–H and O–H groups in total. The molecule has 0 aromatic heterocycles. The van der Waals surface area contributed by atoms with Crippen LogP contribution in [0.4, 0.5) is 0 Å². The molecule has 2 nitrogen and oxygen atoms in total. The van der Waals surface area contributed by atoms with Crippen molar-refractivity contribution in [2.75, 3.05) is 7.11 Å². The zero-order valence-electron chi connectivity index (χ0n) is 12.3. The molecule has 0 aliphatic rings. The number of hydrogen-bond donors (Lipinski definition) is 1. The summed E-state index contributed by atoms with van der Waals surface area (Å²) in [5.41, 5.74) is 7.59. The van der Waals surface area contributed by atoms with Crippen LogP contribution in [0.15, 0.2) is 57.9 Å². The Morgan fingerprint density at radius 3 is 2.24 bits per heavy atom. The first-order chi connectivity index (χ1) is 10.1. The summed E-state index contributed by atoms with van der Waals surface area (Å²) in [6.45, 7) is 2.13. The van der Waals surface area contributed by atoms with Crippen molar-refractivity contribution in [3.8, 4) is 5.75 Å². The van der Waals surface area contributed by atoms with E-state index >= 15 is 0 Å². The number of thioether (sulfide) groups is 1. The van der Waals surface area contributed by atoms with E-state index in [4.69, 9.17) is 10.5 Å². The molecular weight excluding hydrogens is 346 g/mol. The molecule has 2 atom stereocenters. The number of hydrogen-bond acceptors (Lipinski definition) is 3. The van der Waals surface area contributed by atoms with Crippen LogP contribution in [0, 0.1) is 0 Å². The molecule has 0 bridgehead atoms. The van der Waals surface area contributed by atoms with Gasteiger partial charge in [-0.05, 0) is 48.4 Å². The van der Waals surface area contributed by atoms with E-state index in [-0.39, 0.29) is 11.3 Å². The van der Waals surface area contributed by atoms with Crippen molar-refractivity contribution in [1.29, 1.82) is 0 Å². The molecule has 0 amide bonds. The van der Waals surface area contributed by atoms with E-state index in [1.54, 1.807) is 18.9 Å². The number of nitrogens with two attached hydrogens (primary N) is 1. The lowest BCUT2D eigenvalue weighted by atomic mass is 10.0. The lowest BCUT2D eigenvalue weighted by Gasteiger charge is -2.23. The molecule has 2 aromatic carbocycles. The Morgan fingerprint density at radius 2 is 1.71 bits per heavy atom. The summed E-state index contributed by atoms with van der Waals surface area (Å²) in [4.78, 5) is 1.20. The predicted octanol–water partition coefficient (Wildman–Crippen LogP) is 5.03. The van der Waals surface area contributed by atoms with Gasteiger partial charge in [0.15, 0.2) is 0 Å². The normalized spacial score (nSPS) is 13.7. The minimum absolute atomic E-state index is 0.123. The van der Waals surface area contributed by atoms with Crippen molar-refractivity contribution in [2.24, 2.45) is 5.73 Å². The van der Waals surface area contributed by atoms with Crippen molar-refractivity contribution >= 4 is 27.7 Å². The van der Waals surface area contributed by atoms with Crippen LogP contribution in [-0.2, 0) is 0 Å². The Morgan fingerprint density at radius 1 is 1.10 bits per heavy atom. The van der Waals surface area contributed by atoms with E-state index in [1.165, 1.54) is 10.5 Å². The zero-order chi connectivity index (χ0) is 15.2. The maximum atomic E-state index is 6.33. The van der Waals surface area contributed by atoms with Gasteiger partial charge in [0.2, 0.25) is 0 Å². The summed E-state index contributed by atoms with van der Waals surface area (Å²) in [5, 5.41) is 0.247. The Labute approximate surface area is 139 Å². The minimum Gasteiger partial charge on any atom is -0.497 e. The largest absolute Gasteiger partial charge is 0.497 e. The number of rotatable bonds is 6. The molecule has 2 unspecified atom stereocenters. The van der Waals surface area contributed by atoms with Gasteiger partial charge in [0.05, 0.1) is 7.11 Å². The van der Waals surface area contributed by atoms with Gasteiger partial charge in [-0.15, -0.1) is 11.8 Å². The molecule has 0 heterocycles. The van der Waals surface area contributed by atoms with Gasteiger partial charge in [-0.1, -0.05) is 35.0 Å². The van der Waals surface area contributed by atoms with Crippen LogP contribution in [0.5, 0.6) is 5.75 Å². The van der Waals surface area contributed by atoms with E-state index in [9.17, 15) is 0 Å².